The molecule has 0 atom stereocenters. The largest absolute Gasteiger partial charge is 0.351 e. The predicted molar refractivity (Wildman–Crippen MR) is 109 cm³/mol. The van der Waals surface area contributed by atoms with Gasteiger partial charge in [0.1, 0.15) is 0 Å². The van der Waals surface area contributed by atoms with Crippen LogP contribution < -0.4 is 10.6 Å². The summed E-state index contributed by atoms with van der Waals surface area (Å²) >= 11 is 5.87. The van der Waals surface area contributed by atoms with Crippen LogP contribution in [0, 0.1) is 0 Å². The van der Waals surface area contributed by atoms with Gasteiger partial charge >= 0.3 is 0 Å². The van der Waals surface area contributed by atoms with E-state index in [2.05, 4.69) is 20.4 Å². The topological polar surface area (TPSA) is 64.7 Å². The summed E-state index contributed by atoms with van der Waals surface area (Å²) in [5.41, 5.74) is 0.816. The lowest BCUT2D eigenvalue weighted by atomic mass is 10.1. The number of benzene rings is 1. The summed E-state index contributed by atoms with van der Waals surface area (Å²) in [5, 5.41) is 6.64. The molecule has 0 bridgehead atoms. The van der Waals surface area contributed by atoms with Crippen molar-refractivity contribution >= 4 is 23.4 Å². The van der Waals surface area contributed by atoms with E-state index in [4.69, 9.17) is 11.6 Å². The second-order valence-corrected chi connectivity index (χ2v) is 8.54. The van der Waals surface area contributed by atoms with E-state index >= 15 is 0 Å². The minimum absolute atomic E-state index is 0.0175. The molecule has 1 aromatic carbocycles. The van der Waals surface area contributed by atoms with Crippen LogP contribution in [-0.4, -0.2) is 66.4 Å². The molecule has 6 nitrogen and oxygen atoms in total. The van der Waals surface area contributed by atoms with Crippen molar-refractivity contribution in [1.29, 1.82) is 0 Å². The number of hydrogen-bond donors (Lipinski definition) is 2. The van der Waals surface area contributed by atoms with Gasteiger partial charge in [0.05, 0.1) is 13.1 Å². The molecule has 2 rings (SSSR count). The Balaban J connectivity index is 1.71. The minimum atomic E-state index is -0.211. The van der Waals surface area contributed by atoms with Gasteiger partial charge in [-0.3, -0.25) is 19.4 Å². The van der Waals surface area contributed by atoms with Gasteiger partial charge in [-0.1, -0.05) is 23.7 Å². The van der Waals surface area contributed by atoms with E-state index in [1.54, 1.807) is 0 Å². The zero-order valence-corrected chi connectivity index (χ0v) is 17.3. The molecule has 7 heteroatoms. The second-order valence-electron chi connectivity index (χ2n) is 8.11. The van der Waals surface area contributed by atoms with Gasteiger partial charge < -0.3 is 10.6 Å². The quantitative estimate of drug-likeness (QED) is 0.773. The third-order valence-electron chi connectivity index (χ3n) is 4.33. The molecule has 0 aromatic heterocycles. The van der Waals surface area contributed by atoms with Gasteiger partial charge in [0, 0.05) is 30.2 Å². The number of amides is 2. The first kappa shape index (κ1) is 21.7. The highest BCUT2D eigenvalue weighted by Gasteiger charge is 2.20. The maximum atomic E-state index is 12.2. The third kappa shape index (κ3) is 8.73. The van der Waals surface area contributed by atoms with Crippen molar-refractivity contribution < 1.29 is 9.59 Å². The first-order valence-corrected chi connectivity index (χ1v) is 9.86. The summed E-state index contributed by atoms with van der Waals surface area (Å²) in [7, 11) is 0. The fraction of sp³-hybridized carbons (Fsp3) is 0.600. The minimum Gasteiger partial charge on any atom is -0.351 e. The van der Waals surface area contributed by atoms with Gasteiger partial charge in [-0.15, -0.1) is 0 Å². The molecule has 1 aromatic rings. The van der Waals surface area contributed by atoms with E-state index in [0.717, 1.165) is 38.2 Å². The monoisotopic (exact) mass is 394 g/mol. The first-order chi connectivity index (χ1) is 12.7. The molecule has 0 radical (unpaired) electrons. The fourth-order valence-electron chi connectivity index (χ4n) is 3.06. The van der Waals surface area contributed by atoms with E-state index in [0.29, 0.717) is 24.7 Å². The van der Waals surface area contributed by atoms with Gasteiger partial charge in [0.15, 0.2) is 0 Å². The molecule has 0 saturated carbocycles. The maximum Gasteiger partial charge on any atom is 0.234 e. The number of hydrogen-bond acceptors (Lipinski definition) is 4. The average molecular weight is 395 g/mol. The van der Waals surface area contributed by atoms with Crippen molar-refractivity contribution in [2.45, 2.75) is 39.3 Å². The summed E-state index contributed by atoms with van der Waals surface area (Å²) in [5.74, 6) is 0.0699. The summed E-state index contributed by atoms with van der Waals surface area (Å²) in [6, 6.07) is 7.47. The van der Waals surface area contributed by atoms with Gasteiger partial charge in [-0.2, -0.15) is 0 Å². The van der Waals surface area contributed by atoms with Crippen LogP contribution in [0.5, 0.6) is 0 Å². The Hall–Kier alpha value is -1.63. The van der Waals surface area contributed by atoms with Crippen molar-refractivity contribution in [2.75, 3.05) is 39.3 Å². The van der Waals surface area contributed by atoms with Crippen LogP contribution in [0.1, 0.15) is 32.8 Å². The van der Waals surface area contributed by atoms with Crippen molar-refractivity contribution in [3.8, 4) is 0 Å². The van der Waals surface area contributed by atoms with Crippen LogP contribution in [0.2, 0.25) is 5.02 Å². The number of nitrogens with one attached hydrogen (secondary N) is 2. The normalized spacial score (nSPS) is 16.6. The van der Waals surface area contributed by atoms with E-state index in [1.165, 1.54) is 0 Å². The molecule has 0 spiro atoms. The van der Waals surface area contributed by atoms with E-state index in [9.17, 15) is 9.59 Å². The Morgan fingerprint density at radius 1 is 0.963 bits per heavy atom. The lowest BCUT2D eigenvalue weighted by Crippen LogP contribution is -2.46. The molecule has 2 amide bonds. The molecule has 1 aliphatic heterocycles. The van der Waals surface area contributed by atoms with E-state index < -0.39 is 0 Å². The molecule has 1 heterocycles. The van der Waals surface area contributed by atoms with Crippen LogP contribution in [-0.2, 0) is 16.1 Å². The Labute approximate surface area is 167 Å². The van der Waals surface area contributed by atoms with Gasteiger partial charge in [-0.05, 0) is 58.0 Å². The lowest BCUT2D eigenvalue weighted by molar-refractivity contribution is -0.124. The smallest absolute Gasteiger partial charge is 0.234 e. The van der Waals surface area contributed by atoms with Crippen molar-refractivity contribution in [3.63, 3.8) is 0 Å². The zero-order valence-electron chi connectivity index (χ0n) is 16.6. The Morgan fingerprint density at radius 3 is 2.07 bits per heavy atom. The van der Waals surface area contributed by atoms with Crippen LogP contribution >= 0.6 is 11.6 Å². The first-order valence-electron chi connectivity index (χ1n) is 9.48. The van der Waals surface area contributed by atoms with Crippen LogP contribution in [0.15, 0.2) is 24.3 Å². The fourth-order valence-corrected chi connectivity index (χ4v) is 3.19. The molecule has 27 heavy (non-hydrogen) atoms. The number of carbonyl (C=O) groups excluding carboxylic acids is 2. The third-order valence-corrected chi connectivity index (χ3v) is 4.58. The molecule has 1 fully saturated rings. The molecular weight excluding hydrogens is 364 g/mol. The second kappa shape index (κ2) is 10.1. The molecule has 1 aliphatic rings. The average Bonchev–Trinajstić information content (AvgIpc) is 2.78. The highest BCUT2D eigenvalue weighted by atomic mass is 35.5. The van der Waals surface area contributed by atoms with Crippen LogP contribution in [0.4, 0.5) is 0 Å². The lowest BCUT2D eigenvalue weighted by Gasteiger charge is -2.25. The Kier molecular flexibility index (Phi) is 8.07. The van der Waals surface area contributed by atoms with Crippen molar-refractivity contribution in [3.05, 3.63) is 34.9 Å². The number of carbonyl (C=O) groups is 2. The molecule has 0 unspecified atom stereocenters. The number of rotatable bonds is 6. The molecule has 1 saturated heterocycles. The summed E-state index contributed by atoms with van der Waals surface area (Å²) in [6.45, 7) is 10.6. The molecule has 0 aliphatic carbocycles. The van der Waals surface area contributed by atoms with Crippen LogP contribution in [0.25, 0.3) is 0 Å². The summed E-state index contributed by atoms with van der Waals surface area (Å²) < 4.78 is 0. The van der Waals surface area contributed by atoms with Crippen LogP contribution in [0.3, 0.4) is 0 Å². The van der Waals surface area contributed by atoms with E-state index in [1.807, 2.05) is 45.0 Å². The molecular formula is C20H31ClN4O2. The highest BCUT2D eigenvalue weighted by molar-refractivity contribution is 6.30. The van der Waals surface area contributed by atoms with Gasteiger partial charge in [0.2, 0.25) is 11.8 Å². The van der Waals surface area contributed by atoms with Gasteiger partial charge in [0.25, 0.3) is 0 Å². The van der Waals surface area contributed by atoms with Crippen molar-refractivity contribution in [2.24, 2.45) is 0 Å². The SMILES string of the molecule is CC(C)(C)NC(=O)CN1CCCN(CC(=O)NCc2ccc(Cl)cc2)CC1. The van der Waals surface area contributed by atoms with Gasteiger partial charge in [-0.25, -0.2) is 0 Å². The maximum absolute atomic E-state index is 12.2. The molecule has 150 valence electrons. The van der Waals surface area contributed by atoms with E-state index in [-0.39, 0.29) is 17.4 Å². The molecule has 2 N–H and O–H groups in total. The van der Waals surface area contributed by atoms with Crippen molar-refractivity contribution in [1.82, 2.24) is 20.4 Å². The Bertz CT molecular complexity index is 628. The highest BCUT2D eigenvalue weighted by Crippen LogP contribution is 2.09. The summed E-state index contributed by atoms with van der Waals surface area (Å²) in [4.78, 5) is 28.6. The zero-order chi connectivity index (χ0) is 19.9. The summed E-state index contributed by atoms with van der Waals surface area (Å²) in [6.07, 6.45) is 0.952. The number of halogens is 1. The predicted octanol–water partition coefficient (Wildman–Crippen LogP) is 1.88. The standard InChI is InChI=1S/C20H31ClN4O2/c1-20(2,3)23-19(27)15-25-10-4-9-24(11-12-25)14-18(26)22-13-16-5-7-17(21)8-6-16/h5-8H,4,9-15H2,1-3H3,(H,22,26)(H,23,27). The number of nitrogens with zero attached hydrogens (tertiary/aromatic N) is 2. The Morgan fingerprint density at radius 2 is 1.52 bits per heavy atom.